The van der Waals surface area contributed by atoms with Crippen molar-refractivity contribution < 1.29 is 19.0 Å². The summed E-state index contributed by atoms with van der Waals surface area (Å²) < 4.78 is 18.5. The van der Waals surface area contributed by atoms with E-state index in [1.807, 2.05) is 0 Å². The van der Waals surface area contributed by atoms with Crippen LogP contribution in [0.25, 0.3) is 0 Å². The maximum absolute atomic E-state index is 13.2. The Hall–Kier alpha value is -1.07. The summed E-state index contributed by atoms with van der Waals surface area (Å²) in [7, 11) is 0. The molecule has 98 valence electrons. The number of halogens is 1. The first-order valence-electron chi connectivity index (χ1n) is 5.90. The van der Waals surface area contributed by atoms with Crippen LogP contribution in [0.15, 0.2) is 23.1 Å². The molecular weight excluding hydrogens is 255 g/mol. The summed E-state index contributed by atoms with van der Waals surface area (Å²) in [5.41, 5.74) is -0.257. The zero-order valence-electron chi connectivity index (χ0n) is 9.89. The first kappa shape index (κ1) is 13.4. The fraction of sp³-hybridized carbons (Fsp3) is 0.462. The second-order valence-electron chi connectivity index (χ2n) is 4.31. The third kappa shape index (κ3) is 3.46. The zero-order valence-corrected chi connectivity index (χ0v) is 10.7. The van der Waals surface area contributed by atoms with Crippen molar-refractivity contribution in [2.45, 2.75) is 17.7 Å². The van der Waals surface area contributed by atoms with E-state index in [-0.39, 0.29) is 5.56 Å². The van der Waals surface area contributed by atoms with Crippen LogP contribution in [0.4, 0.5) is 4.39 Å². The van der Waals surface area contributed by atoms with Gasteiger partial charge in [-0.25, -0.2) is 9.18 Å². The second kappa shape index (κ2) is 6.20. The second-order valence-corrected chi connectivity index (χ2v) is 5.41. The van der Waals surface area contributed by atoms with Crippen molar-refractivity contribution in [1.82, 2.24) is 0 Å². The van der Waals surface area contributed by atoms with E-state index in [2.05, 4.69) is 0 Å². The highest BCUT2D eigenvalue weighted by molar-refractivity contribution is 7.99. The number of benzene rings is 1. The van der Waals surface area contributed by atoms with E-state index in [0.29, 0.717) is 5.92 Å². The molecule has 18 heavy (non-hydrogen) atoms. The van der Waals surface area contributed by atoms with E-state index in [9.17, 15) is 9.18 Å². The Morgan fingerprint density at radius 3 is 2.83 bits per heavy atom. The fourth-order valence-electron chi connectivity index (χ4n) is 1.89. The summed E-state index contributed by atoms with van der Waals surface area (Å²) in [6.07, 6.45) is 2.08. The molecule has 1 aromatic carbocycles. The largest absolute Gasteiger partial charge is 0.478 e. The Morgan fingerprint density at radius 2 is 2.17 bits per heavy atom. The maximum atomic E-state index is 13.2. The number of carbonyl (C=O) groups is 1. The van der Waals surface area contributed by atoms with Gasteiger partial charge in [0.05, 0.1) is 5.56 Å². The zero-order chi connectivity index (χ0) is 13.0. The molecule has 5 heteroatoms. The van der Waals surface area contributed by atoms with Gasteiger partial charge in [0.2, 0.25) is 0 Å². The molecule has 0 amide bonds. The van der Waals surface area contributed by atoms with Crippen LogP contribution in [-0.4, -0.2) is 30.0 Å². The Labute approximate surface area is 109 Å². The number of carboxylic acid groups (broad SMARTS) is 1. The van der Waals surface area contributed by atoms with E-state index in [0.717, 1.165) is 36.7 Å². The van der Waals surface area contributed by atoms with E-state index in [1.165, 1.54) is 12.1 Å². The van der Waals surface area contributed by atoms with E-state index in [1.54, 1.807) is 17.8 Å². The fourth-order valence-corrected chi connectivity index (χ4v) is 3.01. The van der Waals surface area contributed by atoms with Crippen molar-refractivity contribution in [2.75, 3.05) is 19.0 Å². The molecule has 1 aliphatic rings. The Kier molecular flexibility index (Phi) is 4.60. The molecule has 0 aromatic heterocycles. The minimum atomic E-state index is -1.22. The quantitative estimate of drug-likeness (QED) is 0.854. The summed E-state index contributed by atoms with van der Waals surface area (Å²) in [5, 5.41) is 8.84. The molecule has 1 aromatic rings. The van der Waals surface area contributed by atoms with Crippen molar-refractivity contribution in [3.05, 3.63) is 29.6 Å². The number of aromatic carboxylic acids is 1. The minimum absolute atomic E-state index is 0.257. The molecule has 0 atom stereocenters. The summed E-state index contributed by atoms with van der Waals surface area (Å²) in [5.74, 6) is -0.380. The highest BCUT2D eigenvalue weighted by Crippen LogP contribution is 2.27. The van der Waals surface area contributed by atoms with Gasteiger partial charge in [-0.2, -0.15) is 0 Å². The number of carboxylic acids is 1. The van der Waals surface area contributed by atoms with Crippen molar-refractivity contribution in [2.24, 2.45) is 5.92 Å². The SMILES string of the molecule is O=C(O)c1cc(SCC2CCOCC2)ccc1F. The predicted octanol–water partition coefficient (Wildman–Crippen LogP) is 3.04. The van der Waals surface area contributed by atoms with Gasteiger partial charge in [0.1, 0.15) is 5.82 Å². The lowest BCUT2D eigenvalue weighted by Crippen LogP contribution is -2.17. The molecular formula is C13H15FO3S. The van der Waals surface area contributed by atoms with Crippen LogP contribution in [-0.2, 0) is 4.74 Å². The van der Waals surface area contributed by atoms with Crippen molar-refractivity contribution in [3.63, 3.8) is 0 Å². The molecule has 1 heterocycles. The van der Waals surface area contributed by atoms with Crippen LogP contribution in [0.1, 0.15) is 23.2 Å². The number of hydrogen-bond acceptors (Lipinski definition) is 3. The number of rotatable bonds is 4. The van der Waals surface area contributed by atoms with Crippen LogP contribution >= 0.6 is 11.8 Å². The molecule has 3 nitrogen and oxygen atoms in total. The third-order valence-corrected chi connectivity index (χ3v) is 4.22. The van der Waals surface area contributed by atoms with Crippen molar-refractivity contribution in [3.8, 4) is 0 Å². The third-order valence-electron chi connectivity index (χ3n) is 2.99. The van der Waals surface area contributed by atoms with Gasteiger partial charge in [-0.3, -0.25) is 0 Å². The smallest absolute Gasteiger partial charge is 0.338 e. The number of thioether (sulfide) groups is 1. The monoisotopic (exact) mass is 270 g/mol. The predicted molar refractivity (Wildman–Crippen MR) is 67.6 cm³/mol. The van der Waals surface area contributed by atoms with Gasteiger partial charge in [0.25, 0.3) is 0 Å². The van der Waals surface area contributed by atoms with Crippen molar-refractivity contribution >= 4 is 17.7 Å². The average molecular weight is 270 g/mol. The van der Waals surface area contributed by atoms with Gasteiger partial charge in [-0.15, -0.1) is 11.8 Å². The van der Waals surface area contributed by atoms with Crippen LogP contribution in [0.5, 0.6) is 0 Å². The van der Waals surface area contributed by atoms with Crippen LogP contribution in [0, 0.1) is 11.7 Å². The molecule has 1 aliphatic heterocycles. The molecule has 1 fully saturated rings. The topological polar surface area (TPSA) is 46.5 Å². The van der Waals surface area contributed by atoms with Crippen LogP contribution in [0.3, 0.4) is 0 Å². The Morgan fingerprint density at radius 1 is 1.44 bits per heavy atom. The highest BCUT2D eigenvalue weighted by Gasteiger charge is 2.15. The molecule has 2 rings (SSSR count). The van der Waals surface area contributed by atoms with Gasteiger partial charge in [0, 0.05) is 23.9 Å². The van der Waals surface area contributed by atoms with Crippen LogP contribution in [0.2, 0.25) is 0 Å². The molecule has 0 unspecified atom stereocenters. The Balaban J connectivity index is 1.96. The standard InChI is InChI=1S/C13H15FO3S/c14-12-2-1-10(7-11(12)13(15)16)18-8-9-3-5-17-6-4-9/h1-2,7,9H,3-6,8H2,(H,15,16). The normalized spacial score (nSPS) is 16.7. The van der Waals surface area contributed by atoms with Crippen LogP contribution < -0.4 is 0 Å². The van der Waals surface area contributed by atoms with Gasteiger partial charge >= 0.3 is 5.97 Å². The number of ether oxygens (including phenoxy) is 1. The highest BCUT2D eigenvalue weighted by atomic mass is 32.2. The molecule has 0 spiro atoms. The average Bonchev–Trinajstić information content (AvgIpc) is 2.38. The van der Waals surface area contributed by atoms with Gasteiger partial charge in [-0.05, 0) is 37.0 Å². The Bertz CT molecular complexity index is 430. The maximum Gasteiger partial charge on any atom is 0.338 e. The van der Waals surface area contributed by atoms with Crippen molar-refractivity contribution in [1.29, 1.82) is 0 Å². The molecule has 1 saturated heterocycles. The molecule has 0 aliphatic carbocycles. The van der Waals surface area contributed by atoms with Gasteiger partial charge < -0.3 is 9.84 Å². The number of hydrogen-bond donors (Lipinski definition) is 1. The first-order valence-corrected chi connectivity index (χ1v) is 6.89. The molecule has 0 bridgehead atoms. The molecule has 0 saturated carbocycles. The lowest BCUT2D eigenvalue weighted by molar-refractivity contribution is 0.0691. The minimum Gasteiger partial charge on any atom is -0.478 e. The lowest BCUT2D eigenvalue weighted by atomic mass is 10.0. The van der Waals surface area contributed by atoms with E-state index in [4.69, 9.17) is 9.84 Å². The summed E-state index contributed by atoms with van der Waals surface area (Å²) in [6.45, 7) is 1.60. The van der Waals surface area contributed by atoms with E-state index < -0.39 is 11.8 Å². The lowest BCUT2D eigenvalue weighted by Gasteiger charge is -2.21. The van der Waals surface area contributed by atoms with E-state index >= 15 is 0 Å². The van der Waals surface area contributed by atoms with Gasteiger partial charge in [-0.1, -0.05) is 0 Å². The summed E-state index contributed by atoms with van der Waals surface area (Å²) in [6, 6.07) is 4.25. The van der Waals surface area contributed by atoms with Gasteiger partial charge in [0.15, 0.2) is 0 Å². The molecule has 0 radical (unpaired) electrons. The summed E-state index contributed by atoms with van der Waals surface area (Å²) >= 11 is 1.58. The summed E-state index contributed by atoms with van der Waals surface area (Å²) in [4.78, 5) is 11.6. The first-order chi connectivity index (χ1) is 8.66. The molecule has 1 N–H and O–H groups in total.